The third-order valence-corrected chi connectivity index (χ3v) is 7.15. The monoisotopic (exact) mass is 457 g/mol. The van der Waals surface area contributed by atoms with Crippen LogP contribution in [0.1, 0.15) is 54.2 Å². The third kappa shape index (κ3) is 5.15. The van der Waals surface area contributed by atoms with Gasteiger partial charge in [0.1, 0.15) is 0 Å². The van der Waals surface area contributed by atoms with Crippen molar-refractivity contribution in [1.82, 2.24) is 24.8 Å². The summed E-state index contributed by atoms with van der Waals surface area (Å²) in [5.74, 6) is -0.291. The largest absolute Gasteiger partial charge is 0.464 e. The molecule has 0 aliphatic carbocycles. The lowest BCUT2D eigenvalue weighted by molar-refractivity contribution is -0.136. The quantitative estimate of drug-likeness (QED) is 0.487. The average Bonchev–Trinajstić information content (AvgIpc) is 3.38. The van der Waals surface area contributed by atoms with Gasteiger partial charge in [0.05, 0.1) is 25.4 Å². The van der Waals surface area contributed by atoms with Crippen LogP contribution in [0.4, 0.5) is 0 Å². The molecular weight excluding hydrogens is 426 g/mol. The van der Waals surface area contributed by atoms with Gasteiger partial charge in [-0.2, -0.15) is 0 Å². The Balaban J connectivity index is 1.54. The van der Waals surface area contributed by atoms with Crippen molar-refractivity contribution >= 4 is 23.6 Å². The maximum atomic E-state index is 13.6. The molecule has 1 amide bonds. The molecule has 32 heavy (non-hydrogen) atoms. The van der Waals surface area contributed by atoms with E-state index in [1.807, 2.05) is 4.90 Å². The van der Waals surface area contributed by atoms with Crippen LogP contribution >= 0.6 is 11.8 Å². The maximum Gasteiger partial charge on any atom is 0.360 e. The lowest BCUT2D eigenvalue weighted by atomic mass is 10.1. The van der Waals surface area contributed by atoms with E-state index in [4.69, 9.17) is 4.74 Å². The predicted octanol–water partition coefficient (Wildman–Crippen LogP) is 3.00. The molecule has 1 aromatic carbocycles. The SMILES string of the molecule is COC(=O)c1cn([C@@H]2C[C@@H](C(=O)N3CCCCCC3)N(Cc3ccc(SC)cc3)C2)nn1. The van der Waals surface area contributed by atoms with Crippen LogP contribution in [0.2, 0.25) is 0 Å². The fraction of sp³-hybridized carbons (Fsp3) is 0.565. The van der Waals surface area contributed by atoms with Crippen molar-refractivity contribution < 1.29 is 14.3 Å². The summed E-state index contributed by atoms with van der Waals surface area (Å²) in [6.07, 6.45) is 8.88. The van der Waals surface area contributed by atoms with Crippen LogP contribution in [0.5, 0.6) is 0 Å². The van der Waals surface area contributed by atoms with E-state index in [1.54, 1.807) is 22.6 Å². The van der Waals surface area contributed by atoms with E-state index >= 15 is 0 Å². The summed E-state index contributed by atoms with van der Waals surface area (Å²) >= 11 is 1.72. The molecule has 0 bridgehead atoms. The van der Waals surface area contributed by atoms with Crippen molar-refractivity contribution in [2.75, 3.05) is 33.0 Å². The highest BCUT2D eigenvalue weighted by Gasteiger charge is 2.40. The Morgan fingerprint density at radius 1 is 1.12 bits per heavy atom. The first kappa shape index (κ1) is 22.8. The van der Waals surface area contributed by atoms with Gasteiger partial charge < -0.3 is 9.64 Å². The molecule has 0 saturated carbocycles. The van der Waals surface area contributed by atoms with Gasteiger partial charge in [0.15, 0.2) is 5.69 Å². The van der Waals surface area contributed by atoms with Crippen molar-refractivity contribution in [3.05, 3.63) is 41.7 Å². The molecule has 9 heteroatoms. The summed E-state index contributed by atoms with van der Waals surface area (Å²) in [7, 11) is 1.33. The maximum absolute atomic E-state index is 13.6. The van der Waals surface area contributed by atoms with Gasteiger partial charge in [-0.1, -0.05) is 30.2 Å². The Bertz CT molecular complexity index is 924. The normalized spacial score (nSPS) is 22.0. The summed E-state index contributed by atoms with van der Waals surface area (Å²) in [6, 6.07) is 8.30. The van der Waals surface area contributed by atoms with Gasteiger partial charge in [-0.15, -0.1) is 16.9 Å². The van der Waals surface area contributed by atoms with E-state index in [-0.39, 0.29) is 23.7 Å². The van der Waals surface area contributed by atoms with E-state index in [9.17, 15) is 9.59 Å². The van der Waals surface area contributed by atoms with Gasteiger partial charge in [-0.25, -0.2) is 9.48 Å². The number of carbonyl (C=O) groups is 2. The highest BCUT2D eigenvalue weighted by molar-refractivity contribution is 7.98. The fourth-order valence-corrected chi connectivity index (χ4v) is 5.03. The van der Waals surface area contributed by atoms with E-state index in [1.165, 1.54) is 30.4 Å². The number of hydrogen-bond donors (Lipinski definition) is 0. The highest BCUT2D eigenvalue weighted by Crippen LogP contribution is 2.31. The minimum absolute atomic E-state index is 0.0210. The third-order valence-electron chi connectivity index (χ3n) is 6.41. The second-order valence-corrected chi connectivity index (χ2v) is 9.38. The lowest BCUT2D eigenvalue weighted by Crippen LogP contribution is -2.45. The van der Waals surface area contributed by atoms with Crippen LogP contribution in [0.15, 0.2) is 35.4 Å². The summed E-state index contributed by atoms with van der Waals surface area (Å²) < 4.78 is 6.47. The first-order valence-corrected chi connectivity index (χ1v) is 12.5. The average molecular weight is 458 g/mol. The van der Waals surface area contributed by atoms with E-state index in [0.717, 1.165) is 25.9 Å². The molecule has 2 aliphatic rings. The molecule has 2 atom stereocenters. The Morgan fingerprint density at radius 3 is 2.50 bits per heavy atom. The van der Waals surface area contributed by atoms with E-state index in [0.29, 0.717) is 19.5 Å². The Kier molecular flexibility index (Phi) is 7.47. The number of thioether (sulfide) groups is 1. The molecule has 0 radical (unpaired) electrons. The molecule has 0 unspecified atom stereocenters. The van der Waals surface area contributed by atoms with Crippen LogP contribution in [0, 0.1) is 0 Å². The zero-order valence-electron chi connectivity index (χ0n) is 18.8. The van der Waals surface area contributed by atoms with Crippen LogP contribution in [-0.2, 0) is 16.1 Å². The van der Waals surface area contributed by atoms with Gasteiger partial charge in [0.2, 0.25) is 5.91 Å². The number of amides is 1. The van der Waals surface area contributed by atoms with Gasteiger partial charge in [0, 0.05) is 31.1 Å². The van der Waals surface area contributed by atoms with Crippen molar-refractivity contribution in [2.45, 2.75) is 55.6 Å². The minimum atomic E-state index is -0.503. The number of aromatic nitrogens is 3. The number of carbonyl (C=O) groups excluding carboxylic acids is 2. The van der Waals surface area contributed by atoms with Gasteiger partial charge in [0.25, 0.3) is 0 Å². The summed E-state index contributed by atoms with van der Waals surface area (Å²) in [6.45, 7) is 3.06. The second-order valence-electron chi connectivity index (χ2n) is 8.50. The molecule has 3 heterocycles. The predicted molar refractivity (Wildman–Crippen MR) is 122 cm³/mol. The second kappa shape index (κ2) is 10.5. The van der Waals surface area contributed by atoms with Crippen LogP contribution in [0.25, 0.3) is 0 Å². The Labute approximate surface area is 193 Å². The lowest BCUT2D eigenvalue weighted by Gasteiger charge is -2.29. The number of benzene rings is 1. The molecule has 0 N–H and O–H groups in total. The molecule has 2 aromatic rings. The zero-order chi connectivity index (χ0) is 22.5. The van der Waals surface area contributed by atoms with Crippen LogP contribution in [-0.4, -0.2) is 75.7 Å². The van der Waals surface area contributed by atoms with Crippen molar-refractivity contribution in [2.24, 2.45) is 0 Å². The number of nitrogens with zero attached hydrogens (tertiary/aromatic N) is 5. The standard InChI is InChI=1S/C23H31N5O3S/c1-31-23(30)20-16-28(25-24-20)18-13-21(22(29)26-11-5-3-4-6-12-26)27(15-18)14-17-7-9-19(32-2)10-8-17/h7-10,16,18,21H,3-6,11-15H2,1-2H3/t18-,21+/m1/s1. The van der Waals surface area contributed by atoms with Crippen molar-refractivity contribution in [3.8, 4) is 0 Å². The molecule has 0 spiro atoms. The molecular formula is C23H31N5O3S. The van der Waals surface area contributed by atoms with Gasteiger partial charge >= 0.3 is 5.97 Å². The van der Waals surface area contributed by atoms with Gasteiger partial charge in [-0.3, -0.25) is 9.69 Å². The van der Waals surface area contributed by atoms with Crippen LogP contribution < -0.4 is 0 Å². The number of hydrogen-bond acceptors (Lipinski definition) is 7. The number of ether oxygens (including phenoxy) is 1. The molecule has 172 valence electrons. The number of likely N-dealkylation sites (tertiary alicyclic amines) is 2. The molecule has 2 aliphatic heterocycles. The first-order chi connectivity index (χ1) is 15.6. The molecule has 8 nitrogen and oxygen atoms in total. The number of esters is 1. The van der Waals surface area contributed by atoms with Crippen molar-refractivity contribution in [3.63, 3.8) is 0 Å². The molecule has 1 aromatic heterocycles. The fourth-order valence-electron chi connectivity index (χ4n) is 4.62. The number of methoxy groups -OCH3 is 1. The summed E-state index contributed by atoms with van der Waals surface area (Å²) in [4.78, 5) is 30.9. The van der Waals surface area contributed by atoms with Crippen LogP contribution in [0.3, 0.4) is 0 Å². The summed E-state index contributed by atoms with van der Waals surface area (Å²) in [5, 5.41) is 8.12. The van der Waals surface area contributed by atoms with E-state index in [2.05, 4.69) is 45.7 Å². The van der Waals surface area contributed by atoms with Crippen molar-refractivity contribution in [1.29, 1.82) is 0 Å². The molecule has 2 saturated heterocycles. The Hall–Kier alpha value is -2.39. The smallest absolute Gasteiger partial charge is 0.360 e. The first-order valence-electron chi connectivity index (χ1n) is 11.2. The van der Waals surface area contributed by atoms with E-state index < -0.39 is 5.97 Å². The zero-order valence-corrected chi connectivity index (χ0v) is 19.6. The minimum Gasteiger partial charge on any atom is -0.464 e. The van der Waals surface area contributed by atoms with Gasteiger partial charge in [-0.05, 0) is 43.2 Å². The highest BCUT2D eigenvalue weighted by atomic mass is 32.2. The summed E-state index contributed by atoms with van der Waals surface area (Å²) in [5.41, 5.74) is 1.37. The molecule has 2 fully saturated rings. The number of rotatable bonds is 6. The topological polar surface area (TPSA) is 80.6 Å². The molecule has 4 rings (SSSR count). The Morgan fingerprint density at radius 2 is 1.84 bits per heavy atom.